The number of rotatable bonds is 2. The molecule has 0 aliphatic heterocycles. The summed E-state index contributed by atoms with van der Waals surface area (Å²) in [7, 11) is 0. The van der Waals surface area contributed by atoms with E-state index in [2.05, 4.69) is 11.2 Å². The van der Waals surface area contributed by atoms with Gasteiger partial charge in [0.05, 0.1) is 6.04 Å². The number of aromatic hydroxyl groups is 1. The van der Waals surface area contributed by atoms with Gasteiger partial charge in [-0.2, -0.15) is 0 Å². The molecule has 0 radical (unpaired) electrons. The summed E-state index contributed by atoms with van der Waals surface area (Å²) in [5.74, 6) is 3.00. The standard InChI is InChI=1S/C18H17NO/c1-2-13-5-3-7-15(11-13)19-18-8-4-6-14-12-16(20)9-10-17(14)18/h1,3,5,7,9-12,18-20H,4,6,8H2. The Morgan fingerprint density at radius 3 is 2.95 bits per heavy atom. The number of anilines is 1. The molecule has 2 nitrogen and oxygen atoms in total. The number of benzene rings is 2. The van der Waals surface area contributed by atoms with E-state index in [0.717, 1.165) is 30.5 Å². The van der Waals surface area contributed by atoms with Crippen molar-refractivity contribution >= 4 is 5.69 Å². The summed E-state index contributed by atoms with van der Waals surface area (Å²) in [6.07, 6.45) is 8.70. The van der Waals surface area contributed by atoms with Gasteiger partial charge in [-0.3, -0.25) is 0 Å². The van der Waals surface area contributed by atoms with Gasteiger partial charge in [0.2, 0.25) is 0 Å². The topological polar surface area (TPSA) is 32.3 Å². The second kappa shape index (κ2) is 5.30. The number of hydrogen-bond donors (Lipinski definition) is 2. The third-order valence-electron chi connectivity index (χ3n) is 3.81. The first-order chi connectivity index (χ1) is 9.76. The summed E-state index contributed by atoms with van der Waals surface area (Å²) in [6.45, 7) is 0. The zero-order valence-corrected chi connectivity index (χ0v) is 11.3. The Labute approximate surface area is 119 Å². The van der Waals surface area contributed by atoms with Crippen molar-refractivity contribution in [2.75, 3.05) is 5.32 Å². The number of terminal acetylenes is 1. The SMILES string of the molecule is C#Cc1cccc(NC2CCCc3cc(O)ccc32)c1. The quantitative estimate of drug-likeness (QED) is 0.806. The summed E-state index contributed by atoms with van der Waals surface area (Å²) in [4.78, 5) is 0. The van der Waals surface area contributed by atoms with Gasteiger partial charge in [0.25, 0.3) is 0 Å². The van der Waals surface area contributed by atoms with Gasteiger partial charge in [0, 0.05) is 11.3 Å². The zero-order chi connectivity index (χ0) is 13.9. The number of nitrogens with one attached hydrogen (secondary N) is 1. The van der Waals surface area contributed by atoms with E-state index >= 15 is 0 Å². The minimum absolute atomic E-state index is 0.285. The van der Waals surface area contributed by atoms with Crippen LogP contribution in [0.2, 0.25) is 0 Å². The van der Waals surface area contributed by atoms with Crippen LogP contribution in [0.25, 0.3) is 0 Å². The van der Waals surface area contributed by atoms with Gasteiger partial charge in [-0.05, 0) is 60.7 Å². The van der Waals surface area contributed by atoms with E-state index in [1.807, 2.05) is 36.4 Å². The Morgan fingerprint density at radius 2 is 2.10 bits per heavy atom. The highest BCUT2D eigenvalue weighted by molar-refractivity contribution is 5.52. The zero-order valence-electron chi connectivity index (χ0n) is 11.3. The van der Waals surface area contributed by atoms with Crippen LogP contribution in [0.1, 0.15) is 35.6 Å². The lowest BCUT2D eigenvalue weighted by molar-refractivity contribution is 0.472. The van der Waals surface area contributed by atoms with E-state index in [4.69, 9.17) is 6.42 Å². The average Bonchev–Trinajstić information content (AvgIpc) is 2.47. The minimum atomic E-state index is 0.285. The molecule has 0 bridgehead atoms. The largest absolute Gasteiger partial charge is 0.508 e. The molecular weight excluding hydrogens is 246 g/mol. The van der Waals surface area contributed by atoms with Crippen LogP contribution < -0.4 is 5.32 Å². The van der Waals surface area contributed by atoms with E-state index in [9.17, 15) is 5.11 Å². The molecule has 1 atom stereocenters. The average molecular weight is 263 g/mol. The van der Waals surface area contributed by atoms with Gasteiger partial charge in [-0.25, -0.2) is 0 Å². The van der Waals surface area contributed by atoms with Gasteiger partial charge in [0.1, 0.15) is 5.75 Å². The minimum Gasteiger partial charge on any atom is -0.508 e. The van der Waals surface area contributed by atoms with Crippen molar-refractivity contribution < 1.29 is 5.11 Å². The molecule has 20 heavy (non-hydrogen) atoms. The molecule has 1 unspecified atom stereocenters. The van der Waals surface area contributed by atoms with Crippen LogP contribution >= 0.6 is 0 Å². The van der Waals surface area contributed by atoms with Crippen LogP contribution in [0.5, 0.6) is 5.75 Å². The molecule has 0 heterocycles. The van der Waals surface area contributed by atoms with E-state index in [1.54, 1.807) is 6.07 Å². The number of fused-ring (bicyclic) bond motifs is 1. The van der Waals surface area contributed by atoms with Gasteiger partial charge in [-0.1, -0.05) is 18.1 Å². The maximum atomic E-state index is 9.59. The summed E-state index contributed by atoms with van der Waals surface area (Å²) >= 11 is 0. The normalized spacial score (nSPS) is 17.1. The molecule has 2 heteroatoms. The fourth-order valence-corrected chi connectivity index (χ4v) is 2.85. The first-order valence-electron chi connectivity index (χ1n) is 6.91. The van der Waals surface area contributed by atoms with Crippen LogP contribution in [0.3, 0.4) is 0 Å². The molecular formula is C18H17NO. The molecule has 2 N–H and O–H groups in total. The fourth-order valence-electron chi connectivity index (χ4n) is 2.85. The summed E-state index contributed by atoms with van der Waals surface area (Å²) in [5.41, 5.74) is 4.45. The Morgan fingerprint density at radius 1 is 1.20 bits per heavy atom. The van der Waals surface area contributed by atoms with Gasteiger partial charge in [-0.15, -0.1) is 6.42 Å². The van der Waals surface area contributed by atoms with Crippen LogP contribution in [0.15, 0.2) is 42.5 Å². The molecule has 0 amide bonds. The summed E-state index contributed by atoms with van der Waals surface area (Å²) in [6, 6.07) is 13.9. The van der Waals surface area contributed by atoms with Crippen molar-refractivity contribution in [1.29, 1.82) is 0 Å². The first kappa shape index (κ1) is 12.6. The Hall–Kier alpha value is -2.40. The van der Waals surface area contributed by atoms with Gasteiger partial charge >= 0.3 is 0 Å². The predicted octanol–water partition coefficient (Wildman–Crippen LogP) is 3.86. The Balaban J connectivity index is 1.88. The second-order valence-corrected chi connectivity index (χ2v) is 5.20. The number of phenols is 1. The second-order valence-electron chi connectivity index (χ2n) is 5.20. The third kappa shape index (κ3) is 2.48. The van der Waals surface area contributed by atoms with E-state index < -0.39 is 0 Å². The smallest absolute Gasteiger partial charge is 0.115 e. The van der Waals surface area contributed by atoms with Crippen molar-refractivity contribution in [3.05, 3.63) is 59.2 Å². The number of hydrogen-bond acceptors (Lipinski definition) is 2. The van der Waals surface area contributed by atoms with Crippen LogP contribution in [0.4, 0.5) is 5.69 Å². The molecule has 3 rings (SSSR count). The predicted molar refractivity (Wildman–Crippen MR) is 81.8 cm³/mol. The molecule has 0 spiro atoms. The third-order valence-corrected chi connectivity index (χ3v) is 3.81. The van der Waals surface area contributed by atoms with E-state index in [0.29, 0.717) is 5.75 Å². The molecule has 2 aromatic rings. The van der Waals surface area contributed by atoms with Crippen molar-refractivity contribution in [2.24, 2.45) is 0 Å². The number of aryl methyl sites for hydroxylation is 1. The van der Waals surface area contributed by atoms with E-state index in [1.165, 1.54) is 11.1 Å². The van der Waals surface area contributed by atoms with Crippen LogP contribution in [0, 0.1) is 12.3 Å². The van der Waals surface area contributed by atoms with Gasteiger partial charge < -0.3 is 10.4 Å². The van der Waals surface area contributed by atoms with Crippen molar-refractivity contribution in [1.82, 2.24) is 0 Å². The molecule has 100 valence electrons. The number of phenolic OH excluding ortho intramolecular Hbond substituents is 1. The lowest BCUT2D eigenvalue weighted by atomic mass is 9.87. The van der Waals surface area contributed by atoms with Crippen LogP contribution in [-0.2, 0) is 6.42 Å². The molecule has 1 aliphatic carbocycles. The molecule has 0 saturated heterocycles. The Kier molecular flexibility index (Phi) is 3.35. The molecule has 0 aromatic heterocycles. The molecule has 1 aliphatic rings. The van der Waals surface area contributed by atoms with E-state index in [-0.39, 0.29) is 6.04 Å². The summed E-state index contributed by atoms with van der Waals surface area (Å²) < 4.78 is 0. The maximum absolute atomic E-state index is 9.59. The maximum Gasteiger partial charge on any atom is 0.115 e. The highest BCUT2D eigenvalue weighted by atomic mass is 16.3. The lowest BCUT2D eigenvalue weighted by Crippen LogP contribution is -2.17. The lowest BCUT2D eigenvalue weighted by Gasteiger charge is -2.27. The van der Waals surface area contributed by atoms with Crippen molar-refractivity contribution in [2.45, 2.75) is 25.3 Å². The Bertz CT molecular complexity index is 669. The monoisotopic (exact) mass is 263 g/mol. The molecule has 0 saturated carbocycles. The first-order valence-corrected chi connectivity index (χ1v) is 6.91. The van der Waals surface area contributed by atoms with Crippen LogP contribution in [-0.4, -0.2) is 5.11 Å². The highest BCUT2D eigenvalue weighted by Gasteiger charge is 2.20. The fraction of sp³-hybridized carbons (Fsp3) is 0.222. The highest BCUT2D eigenvalue weighted by Crippen LogP contribution is 2.34. The van der Waals surface area contributed by atoms with Crippen molar-refractivity contribution in [3.8, 4) is 18.1 Å². The molecule has 0 fully saturated rings. The van der Waals surface area contributed by atoms with Crippen molar-refractivity contribution in [3.63, 3.8) is 0 Å². The summed E-state index contributed by atoms with van der Waals surface area (Å²) in [5, 5.41) is 13.1. The van der Waals surface area contributed by atoms with Gasteiger partial charge in [0.15, 0.2) is 0 Å². The molecule has 2 aromatic carbocycles.